The molecule has 17 heavy (non-hydrogen) atoms. The monoisotopic (exact) mass is 226 g/mol. The Morgan fingerprint density at radius 3 is 2.06 bits per heavy atom. The highest BCUT2D eigenvalue weighted by atomic mass is 16.3. The first-order valence-electron chi connectivity index (χ1n) is 5.56. The molecular formula is C15H14O2. The Hall–Kier alpha value is -1.93. The molecule has 0 spiro atoms. The molecule has 0 fully saturated rings. The third-order valence-electron chi connectivity index (χ3n) is 2.64. The third-order valence-corrected chi connectivity index (χ3v) is 2.64. The standard InChI is InChI=1S/C15H14O2/c16-11-15(17)10-12-6-8-14(9-7-12)13-4-2-1-3-5-13/h1-9,16H,10-11H2. The normalized spacial score (nSPS) is 10.2. The summed E-state index contributed by atoms with van der Waals surface area (Å²) >= 11 is 0. The molecule has 2 aromatic rings. The second-order valence-electron chi connectivity index (χ2n) is 3.94. The van der Waals surface area contributed by atoms with E-state index in [0.29, 0.717) is 6.42 Å². The van der Waals surface area contributed by atoms with Crippen LogP contribution in [-0.2, 0) is 11.2 Å². The van der Waals surface area contributed by atoms with Crippen LogP contribution in [0, 0.1) is 0 Å². The van der Waals surface area contributed by atoms with Crippen LogP contribution in [-0.4, -0.2) is 17.5 Å². The zero-order valence-corrected chi connectivity index (χ0v) is 9.47. The molecule has 0 aliphatic heterocycles. The Morgan fingerprint density at radius 1 is 0.882 bits per heavy atom. The van der Waals surface area contributed by atoms with Crippen LogP contribution in [0.5, 0.6) is 0 Å². The van der Waals surface area contributed by atoms with Gasteiger partial charge in [0.05, 0.1) is 0 Å². The van der Waals surface area contributed by atoms with Crippen molar-refractivity contribution in [1.82, 2.24) is 0 Å². The average Bonchev–Trinajstić information content (AvgIpc) is 2.40. The van der Waals surface area contributed by atoms with Gasteiger partial charge in [-0.25, -0.2) is 0 Å². The van der Waals surface area contributed by atoms with E-state index in [2.05, 4.69) is 0 Å². The van der Waals surface area contributed by atoms with Gasteiger partial charge in [-0.2, -0.15) is 0 Å². The second-order valence-corrected chi connectivity index (χ2v) is 3.94. The highest BCUT2D eigenvalue weighted by molar-refractivity contribution is 5.82. The number of benzene rings is 2. The molecule has 0 radical (unpaired) electrons. The van der Waals surface area contributed by atoms with Gasteiger partial charge in [0.1, 0.15) is 6.61 Å². The molecular weight excluding hydrogens is 212 g/mol. The van der Waals surface area contributed by atoms with E-state index in [-0.39, 0.29) is 12.4 Å². The van der Waals surface area contributed by atoms with Gasteiger partial charge in [0.2, 0.25) is 0 Å². The number of hydrogen-bond acceptors (Lipinski definition) is 2. The van der Waals surface area contributed by atoms with Crippen LogP contribution in [0.3, 0.4) is 0 Å². The smallest absolute Gasteiger partial charge is 0.162 e. The number of rotatable bonds is 4. The summed E-state index contributed by atoms with van der Waals surface area (Å²) in [5.41, 5.74) is 3.22. The molecule has 0 saturated carbocycles. The molecule has 0 unspecified atom stereocenters. The van der Waals surface area contributed by atoms with Gasteiger partial charge < -0.3 is 5.11 Å². The Balaban J connectivity index is 2.16. The number of aliphatic hydroxyl groups excluding tert-OH is 1. The Morgan fingerprint density at radius 2 is 1.47 bits per heavy atom. The summed E-state index contributed by atoms with van der Waals surface area (Å²) in [6, 6.07) is 17.9. The molecule has 0 amide bonds. The zero-order valence-electron chi connectivity index (χ0n) is 9.47. The fraction of sp³-hybridized carbons (Fsp3) is 0.133. The first-order chi connectivity index (χ1) is 8.29. The number of ketones is 1. The highest BCUT2D eigenvalue weighted by Crippen LogP contribution is 2.19. The number of carbonyl (C=O) groups excluding carboxylic acids is 1. The topological polar surface area (TPSA) is 37.3 Å². The summed E-state index contributed by atoms with van der Waals surface area (Å²) in [6.07, 6.45) is 0.297. The van der Waals surface area contributed by atoms with E-state index in [1.807, 2.05) is 54.6 Å². The van der Waals surface area contributed by atoms with Crippen molar-refractivity contribution in [3.05, 3.63) is 60.2 Å². The van der Waals surface area contributed by atoms with E-state index in [4.69, 9.17) is 5.11 Å². The van der Waals surface area contributed by atoms with E-state index < -0.39 is 0 Å². The lowest BCUT2D eigenvalue weighted by atomic mass is 10.0. The van der Waals surface area contributed by atoms with Crippen LogP contribution in [0.25, 0.3) is 11.1 Å². The maximum Gasteiger partial charge on any atom is 0.162 e. The van der Waals surface area contributed by atoms with Crippen LogP contribution < -0.4 is 0 Å². The van der Waals surface area contributed by atoms with E-state index in [1.54, 1.807) is 0 Å². The molecule has 0 aliphatic rings. The lowest BCUT2D eigenvalue weighted by molar-refractivity contribution is -0.121. The lowest BCUT2D eigenvalue weighted by Crippen LogP contribution is -2.06. The maximum atomic E-state index is 11.1. The molecule has 0 heterocycles. The lowest BCUT2D eigenvalue weighted by Gasteiger charge is -2.03. The maximum absolute atomic E-state index is 11.1. The SMILES string of the molecule is O=C(CO)Cc1ccc(-c2ccccc2)cc1. The van der Waals surface area contributed by atoms with Crippen molar-refractivity contribution in [3.63, 3.8) is 0 Å². The van der Waals surface area contributed by atoms with Crippen molar-refractivity contribution in [2.75, 3.05) is 6.61 Å². The van der Waals surface area contributed by atoms with Crippen molar-refractivity contribution in [2.45, 2.75) is 6.42 Å². The molecule has 2 heteroatoms. The number of aliphatic hydroxyl groups is 1. The van der Waals surface area contributed by atoms with Crippen molar-refractivity contribution in [1.29, 1.82) is 0 Å². The highest BCUT2D eigenvalue weighted by Gasteiger charge is 2.02. The van der Waals surface area contributed by atoms with Gasteiger partial charge in [-0.1, -0.05) is 54.6 Å². The predicted octanol–water partition coefficient (Wildman–Crippen LogP) is 2.46. The van der Waals surface area contributed by atoms with E-state index in [1.165, 1.54) is 0 Å². The van der Waals surface area contributed by atoms with E-state index in [0.717, 1.165) is 16.7 Å². The van der Waals surface area contributed by atoms with Crippen LogP contribution in [0.1, 0.15) is 5.56 Å². The van der Waals surface area contributed by atoms with Gasteiger partial charge >= 0.3 is 0 Å². The number of carbonyl (C=O) groups is 1. The van der Waals surface area contributed by atoms with Gasteiger partial charge in [0.15, 0.2) is 5.78 Å². The fourth-order valence-electron chi connectivity index (χ4n) is 1.73. The summed E-state index contributed by atoms with van der Waals surface area (Å²) in [7, 11) is 0. The van der Waals surface area contributed by atoms with Crippen LogP contribution in [0.4, 0.5) is 0 Å². The quantitative estimate of drug-likeness (QED) is 0.869. The Labute approximate surface area is 101 Å². The van der Waals surface area contributed by atoms with Gasteiger partial charge in [-0.3, -0.25) is 4.79 Å². The Kier molecular flexibility index (Phi) is 3.68. The number of Topliss-reactive ketones (excluding diaryl/α,β-unsaturated/α-hetero) is 1. The van der Waals surface area contributed by atoms with Gasteiger partial charge in [-0.05, 0) is 16.7 Å². The molecule has 2 aromatic carbocycles. The molecule has 0 aromatic heterocycles. The minimum absolute atomic E-state index is 0.155. The third kappa shape index (κ3) is 3.02. The molecule has 0 saturated heterocycles. The van der Waals surface area contributed by atoms with E-state index >= 15 is 0 Å². The summed E-state index contributed by atoms with van der Waals surface area (Å²) in [6.45, 7) is -0.388. The molecule has 1 N–H and O–H groups in total. The molecule has 0 atom stereocenters. The summed E-state index contributed by atoms with van der Waals surface area (Å²) in [5.74, 6) is -0.155. The zero-order chi connectivity index (χ0) is 12.1. The van der Waals surface area contributed by atoms with Crippen LogP contribution in [0.2, 0.25) is 0 Å². The second kappa shape index (κ2) is 5.41. The fourth-order valence-corrected chi connectivity index (χ4v) is 1.73. The van der Waals surface area contributed by atoms with Crippen molar-refractivity contribution in [2.24, 2.45) is 0 Å². The first kappa shape index (κ1) is 11.6. The predicted molar refractivity (Wildman–Crippen MR) is 67.7 cm³/mol. The summed E-state index contributed by atoms with van der Waals surface area (Å²) in [4.78, 5) is 11.1. The number of hydrogen-bond donors (Lipinski definition) is 1. The molecule has 2 rings (SSSR count). The summed E-state index contributed by atoms with van der Waals surface area (Å²) < 4.78 is 0. The molecule has 0 aliphatic carbocycles. The average molecular weight is 226 g/mol. The minimum Gasteiger partial charge on any atom is -0.389 e. The summed E-state index contributed by atoms with van der Waals surface area (Å²) in [5, 5.41) is 8.68. The Bertz CT molecular complexity index is 486. The van der Waals surface area contributed by atoms with Crippen molar-refractivity contribution in [3.8, 4) is 11.1 Å². The van der Waals surface area contributed by atoms with Crippen molar-refractivity contribution < 1.29 is 9.90 Å². The molecule has 86 valence electrons. The minimum atomic E-state index is -0.388. The largest absolute Gasteiger partial charge is 0.389 e. The van der Waals surface area contributed by atoms with Crippen LogP contribution >= 0.6 is 0 Å². The van der Waals surface area contributed by atoms with Gasteiger partial charge in [0, 0.05) is 6.42 Å². The molecule has 2 nitrogen and oxygen atoms in total. The molecule has 0 bridgehead atoms. The van der Waals surface area contributed by atoms with Crippen molar-refractivity contribution >= 4 is 5.78 Å². The van der Waals surface area contributed by atoms with Gasteiger partial charge in [0.25, 0.3) is 0 Å². The van der Waals surface area contributed by atoms with E-state index in [9.17, 15) is 4.79 Å². The van der Waals surface area contributed by atoms with Gasteiger partial charge in [-0.15, -0.1) is 0 Å². The first-order valence-corrected chi connectivity index (χ1v) is 5.56. The van der Waals surface area contributed by atoms with Crippen LogP contribution in [0.15, 0.2) is 54.6 Å².